The summed E-state index contributed by atoms with van der Waals surface area (Å²) < 4.78 is 1.72. The monoisotopic (exact) mass is 442 g/mol. The van der Waals surface area contributed by atoms with Gasteiger partial charge in [0.25, 0.3) is 0 Å². The number of aromatic nitrogens is 6. The number of nitrogens with zero attached hydrogens (tertiary/aromatic N) is 6. The number of imidazole rings is 1. The van der Waals surface area contributed by atoms with Crippen LogP contribution in [0.3, 0.4) is 0 Å². The number of nitriles is 1. The molecule has 0 saturated carbocycles. The van der Waals surface area contributed by atoms with E-state index >= 15 is 0 Å². The fourth-order valence-electron chi connectivity index (χ4n) is 3.42. The van der Waals surface area contributed by atoms with Crippen LogP contribution >= 0.6 is 12.4 Å². The van der Waals surface area contributed by atoms with Gasteiger partial charge in [0, 0.05) is 23.1 Å². The molecule has 4 aromatic heterocycles. The van der Waals surface area contributed by atoms with E-state index in [1.807, 2.05) is 61.7 Å². The minimum Gasteiger partial charge on any atom is -0.378 e. The summed E-state index contributed by atoms with van der Waals surface area (Å²) in [6.45, 7) is 2.44. The van der Waals surface area contributed by atoms with Gasteiger partial charge in [0.2, 0.25) is 0 Å². The number of nitrogens with one attached hydrogen (secondary N) is 2. The maximum atomic E-state index is 9.11. The van der Waals surface area contributed by atoms with Crippen molar-refractivity contribution in [2.24, 2.45) is 0 Å². The molecule has 0 aliphatic rings. The molecule has 9 heteroatoms. The minimum atomic E-state index is 0. The van der Waals surface area contributed by atoms with Crippen LogP contribution in [0, 0.1) is 18.3 Å². The molecule has 0 bridgehead atoms. The predicted octanol–water partition coefficient (Wildman–Crippen LogP) is 4.40. The van der Waals surface area contributed by atoms with E-state index in [0.717, 1.165) is 45.5 Å². The highest BCUT2D eigenvalue weighted by Gasteiger charge is 2.16. The summed E-state index contributed by atoms with van der Waals surface area (Å²) in [5, 5.41) is 16.7. The second-order valence-electron chi connectivity index (χ2n) is 7.10. The second-order valence-corrected chi connectivity index (χ2v) is 7.10. The predicted molar refractivity (Wildman–Crippen MR) is 124 cm³/mol. The summed E-state index contributed by atoms with van der Waals surface area (Å²) in [5.74, 6) is 0.759. The Kier molecular flexibility index (Phi) is 5.83. The van der Waals surface area contributed by atoms with Gasteiger partial charge in [-0.25, -0.2) is 14.5 Å². The Morgan fingerprint density at radius 3 is 2.81 bits per heavy atom. The topological polar surface area (TPSA) is 108 Å². The number of fused-ring (bicyclic) bond motifs is 1. The van der Waals surface area contributed by atoms with Crippen LogP contribution in [-0.2, 0) is 6.54 Å². The molecule has 0 radical (unpaired) electrons. The van der Waals surface area contributed by atoms with Crippen LogP contribution in [0.4, 0.5) is 5.69 Å². The van der Waals surface area contributed by atoms with E-state index in [9.17, 15) is 0 Å². The molecular formula is C23H19ClN8. The fraction of sp³-hybridized carbons (Fsp3) is 0.0870. The van der Waals surface area contributed by atoms with Crippen LogP contribution in [0.15, 0.2) is 67.1 Å². The largest absolute Gasteiger partial charge is 0.378 e. The molecule has 0 spiro atoms. The van der Waals surface area contributed by atoms with E-state index in [1.54, 1.807) is 10.6 Å². The van der Waals surface area contributed by atoms with Crippen LogP contribution < -0.4 is 5.32 Å². The van der Waals surface area contributed by atoms with Crippen molar-refractivity contribution in [1.82, 2.24) is 29.5 Å². The van der Waals surface area contributed by atoms with Crippen LogP contribution in [0.5, 0.6) is 0 Å². The van der Waals surface area contributed by atoms with E-state index in [-0.39, 0.29) is 12.4 Å². The van der Waals surface area contributed by atoms with Crippen molar-refractivity contribution in [2.45, 2.75) is 13.5 Å². The lowest BCUT2D eigenvalue weighted by Gasteiger charge is -2.04. The Labute approximate surface area is 190 Å². The molecule has 0 aliphatic heterocycles. The Morgan fingerprint density at radius 1 is 1.09 bits per heavy atom. The average Bonchev–Trinajstić information content (AvgIpc) is 3.44. The number of H-pyrrole nitrogens is 1. The average molecular weight is 443 g/mol. The van der Waals surface area contributed by atoms with E-state index < -0.39 is 0 Å². The molecule has 5 rings (SSSR count). The molecule has 8 nitrogen and oxygen atoms in total. The molecular weight excluding hydrogens is 424 g/mol. The van der Waals surface area contributed by atoms with Gasteiger partial charge in [-0.3, -0.25) is 4.98 Å². The Hall–Kier alpha value is -4.22. The maximum Gasteiger partial charge on any atom is 0.155 e. The number of hydrogen-bond donors (Lipinski definition) is 2. The summed E-state index contributed by atoms with van der Waals surface area (Å²) in [5.41, 5.74) is 6.52. The van der Waals surface area contributed by atoms with Crippen molar-refractivity contribution >= 4 is 23.7 Å². The van der Waals surface area contributed by atoms with E-state index in [4.69, 9.17) is 10.2 Å². The number of pyridine rings is 2. The van der Waals surface area contributed by atoms with Crippen molar-refractivity contribution in [1.29, 1.82) is 5.26 Å². The van der Waals surface area contributed by atoms with Gasteiger partial charge in [-0.2, -0.15) is 10.4 Å². The summed E-state index contributed by atoms with van der Waals surface area (Å²) in [6, 6.07) is 19.3. The normalized spacial score (nSPS) is 10.5. The van der Waals surface area contributed by atoms with E-state index in [1.165, 1.54) is 6.33 Å². The van der Waals surface area contributed by atoms with Crippen molar-refractivity contribution in [3.63, 3.8) is 0 Å². The molecule has 0 fully saturated rings. The van der Waals surface area contributed by atoms with Gasteiger partial charge in [-0.1, -0.05) is 12.1 Å². The number of aryl methyl sites for hydroxylation is 1. The van der Waals surface area contributed by atoms with Crippen molar-refractivity contribution in [3.05, 3.63) is 84.2 Å². The summed E-state index contributed by atoms with van der Waals surface area (Å²) in [7, 11) is 0. The fourth-order valence-corrected chi connectivity index (χ4v) is 3.42. The van der Waals surface area contributed by atoms with Gasteiger partial charge in [0.15, 0.2) is 5.65 Å². The number of rotatable bonds is 5. The SMILES string of the molecule is Cc1cccc(-c2[nH]c(CNc3cccc(C#N)c3)nc2-c2ccc3ncnn3c2)n1.Cl. The Morgan fingerprint density at radius 2 is 1.97 bits per heavy atom. The molecule has 4 heterocycles. The first-order valence-electron chi connectivity index (χ1n) is 9.76. The molecule has 0 amide bonds. The third kappa shape index (κ3) is 4.15. The first-order chi connectivity index (χ1) is 15.2. The maximum absolute atomic E-state index is 9.11. The molecule has 0 atom stereocenters. The lowest BCUT2D eigenvalue weighted by molar-refractivity contribution is 0.960. The molecule has 0 saturated heterocycles. The van der Waals surface area contributed by atoms with Gasteiger partial charge in [0.1, 0.15) is 12.2 Å². The quantitative estimate of drug-likeness (QED) is 0.417. The second kappa shape index (κ2) is 8.88. The number of aromatic amines is 1. The number of hydrogen-bond acceptors (Lipinski definition) is 6. The van der Waals surface area contributed by atoms with Crippen molar-refractivity contribution < 1.29 is 0 Å². The highest BCUT2D eigenvalue weighted by molar-refractivity contribution is 5.85. The zero-order chi connectivity index (χ0) is 21.2. The third-order valence-electron chi connectivity index (χ3n) is 4.90. The molecule has 0 unspecified atom stereocenters. The molecule has 2 N–H and O–H groups in total. The Balaban J connectivity index is 0.00000245. The smallest absolute Gasteiger partial charge is 0.155 e. The molecule has 0 aliphatic carbocycles. The van der Waals surface area contributed by atoms with Gasteiger partial charge in [-0.05, 0) is 49.4 Å². The van der Waals surface area contributed by atoms with Crippen LogP contribution in [-0.4, -0.2) is 29.5 Å². The molecule has 1 aromatic carbocycles. The highest BCUT2D eigenvalue weighted by Crippen LogP contribution is 2.29. The van der Waals surface area contributed by atoms with Crippen molar-refractivity contribution in [3.8, 4) is 28.7 Å². The summed E-state index contributed by atoms with van der Waals surface area (Å²) in [4.78, 5) is 17.1. The first-order valence-corrected chi connectivity index (χ1v) is 9.76. The molecule has 32 heavy (non-hydrogen) atoms. The lowest BCUT2D eigenvalue weighted by atomic mass is 10.1. The lowest BCUT2D eigenvalue weighted by Crippen LogP contribution is -2.01. The molecule has 158 valence electrons. The minimum absolute atomic E-state index is 0. The first kappa shape index (κ1) is 21.0. The van der Waals surface area contributed by atoms with Gasteiger partial charge < -0.3 is 10.3 Å². The summed E-state index contributed by atoms with van der Waals surface area (Å²) in [6.07, 6.45) is 3.43. The summed E-state index contributed by atoms with van der Waals surface area (Å²) >= 11 is 0. The van der Waals surface area contributed by atoms with Gasteiger partial charge in [-0.15, -0.1) is 12.4 Å². The van der Waals surface area contributed by atoms with Crippen LogP contribution in [0.25, 0.3) is 28.3 Å². The zero-order valence-corrected chi connectivity index (χ0v) is 18.0. The van der Waals surface area contributed by atoms with Gasteiger partial charge >= 0.3 is 0 Å². The van der Waals surface area contributed by atoms with Crippen molar-refractivity contribution in [2.75, 3.05) is 5.32 Å². The van der Waals surface area contributed by atoms with Crippen LogP contribution in [0.2, 0.25) is 0 Å². The zero-order valence-electron chi connectivity index (χ0n) is 17.1. The molecule has 5 aromatic rings. The van der Waals surface area contributed by atoms with Gasteiger partial charge in [0.05, 0.1) is 35.3 Å². The van der Waals surface area contributed by atoms with E-state index in [0.29, 0.717) is 12.1 Å². The number of halogens is 1. The number of benzene rings is 1. The third-order valence-corrected chi connectivity index (χ3v) is 4.90. The standard InChI is InChI=1S/C23H18N8.ClH/c1-15-4-2-7-19(28-15)23-22(17-8-9-21-26-14-27-31(21)13-17)29-20(30-23)12-25-18-6-3-5-16(10-18)11-24;/h2-10,13-14,25H,12H2,1H3,(H,29,30);1H. The van der Waals surface area contributed by atoms with Crippen LogP contribution in [0.1, 0.15) is 17.1 Å². The highest BCUT2D eigenvalue weighted by atomic mass is 35.5. The Bertz CT molecular complexity index is 1430. The van der Waals surface area contributed by atoms with E-state index in [2.05, 4.69) is 31.4 Å². The number of anilines is 1.